The van der Waals surface area contributed by atoms with Crippen LogP contribution in [0.4, 0.5) is 0 Å². The van der Waals surface area contributed by atoms with Crippen LogP contribution < -0.4 is 0 Å². The SMILES string of the molecule is CCCCCCCCC(CCCCCC)COC(=O)CCOCC(CN(CCCCCC)CCN(CCO)C1CCCCCC1)OCCC(=O)OCC(CCCCCC)CCCCCCCC. The van der Waals surface area contributed by atoms with Gasteiger partial charge < -0.3 is 24.1 Å². The molecular formula is C58H114N2O7. The molecule has 0 amide bonds. The summed E-state index contributed by atoms with van der Waals surface area (Å²) in [6.07, 6.45) is 42.5. The van der Waals surface area contributed by atoms with Gasteiger partial charge in [0.05, 0.1) is 58.6 Å². The Balaban J connectivity index is 2.94. The number of unbranched alkanes of at least 4 members (excludes halogenated alkanes) is 19. The van der Waals surface area contributed by atoms with Crippen LogP contribution in [0.3, 0.4) is 0 Å². The molecule has 9 nitrogen and oxygen atoms in total. The quantitative estimate of drug-likeness (QED) is 0.0363. The second kappa shape index (κ2) is 48.4. The fraction of sp³-hybridized carbons (Fsp3) is 0.966. The van der Waals surface area contributed by atoms with Gasteiger partial charge in [-0.15, -0.1) is 0 Å². The van der Waals surface area contributed by atoms with Gasteiger partial charge in [-0.05, 0) is 63.3 Å². The average molecular weight is 952 g/mol. The summed E-state index contributed by atoms with van der Waals surface area (Å²) in [5, 5.41) is 10.1. The summed E-state index contributed by atoms with van der Waals surface area (Å²) in [5.41, 5.74) is 0. The molecule has 0 aromatic rings. The highest BCUT2D eigenvalue weighted by Crippen LogP contribution is 2.23. The maximum absolute atomic E-state index is 13.2. The lowest BCUT2D eigenvalue weighted by atomic mass is 9.95. The number of carbonyl (C=O) groups excluding carboxylic acids is 2. The van der Waals surface area contributed by atoms with Crippen LogP contribution in [-0.4, -0.2) is 111 Å². The van der Waals surface area contributed by atoms with E-state index >= 15 is 0 Å². The molecule has 0 aromatic carbocycles. The fourth-order valence-corrected chi connectivity index (χ4v) is 10.0. The molecule has 0 saturated heterocycles. The Bertz CT molecular complexity index is 1060. The van der Waals surface area contributed by atoms with Crippen molar-refractivity contribution in [2.75, 3.05) is 72.4 Å². The van der Waals surface area contributed by atoms with Gasteiger partial charge in [0.1, 0.15) is 0 Å². The first-order valence-electron chi connectivity index (χ1n) is 29.5. The molecular weight excluding hydrogens is 837 g/mol. The van der Waals surface area contributed by atoms with Gasteiger partial charge in [-0.1, -0.05) is 208 Å². The summed E-state index contributed by atoms with van der Waals surface area (Å²) < 4.78 is 24.6. The number of hydrogen-bond acceptors (Lipinski definition) is 9. The first-order chi connectivity index (χ1) is 32.9. The largest absolute Gasteiger partial charge is 0.465 e. The predicted octanol–water partition coefficient (Wildman–Crippen LogP) is 14.8. The second-order valence-corrected chi connectivity index (χ2v) is 20.7. The van der Waals surface area contributed by atoms with Crippen LogP contribution in [0.1, 0.15) is 266 Å². The molecule has 0 aliphatic heterocycles. The van der Waals surface area contributed by atoms with E-state index in [9.17, 15) is 14.7 Å². The van der Waals surface area contributed by atoms with Crippen LogP contribution in [-0.2, 0) is 28.5 Å². The van der Waals surface area contributed by atoms with Gasteiger partial charge in [0, 0.05) is 32.2 Å². The molecule has 0 heterocycles. The minimum absolute atomic E-state index is 0.177. The van der Waals surface area contributed by atoms with Crippen LogP contribution in [0, 0.1) is 11.8 Å². The Morgan fingerprint density at radius 2 is 0.925 bits per heavy atom. The van der Waals surface area contributed by atoms with E-state index in [1.165, 1.54) is 186 Å². The molecule has 3 atom stereocenters. The molecule has 1 aliphatic rings. The van der Waals surface area contributed by atoms with Gasteiger partial charge in [-0.3, -0.25) is 19.4 Å². The minimum Gasteiger partial charge on any atom is -0.465 e. The van der Waals surface area contributed by atoms with Gasteiger partial charge in [-0.25, -0.2) is 0 Å². The van der Waals surface area contributed by atoms with E-state index in [0.717, 1.165) is 51.7 Å². The summed E-state index contributed by atoms with van der Waals surface area (Å²) in [5.74, 6) is 0.515. The van der Waals surface area contributed by atoms with E-state index < -0.39 is 0 Å². The maximum Gasteiger partial charge on any atom is 0.308 e. The summed E-state index contributed by atoms with van der Waals surface area (Å²) in [6, 6.07) is 0.534. The Labute approximate surface area is 416 Å². The number of aliphatic hydroxyl groups is 1. The third-order valence-corrected chi connectivity index (χ3v) is 14.5. The highest BCUT2D eigenvalue weighted by atomic mass is 16.6. The zero-order chi connectivity index (χ0) is 48.7. The van der Waals surface area contributed by atoms with Gasteiger partial charge >= 0.3 is 11.9 Å². The molecule has 0 spiro atoms. The van der Waals surface area contributed by atoms with E-state index in [-0.39, 0.29) is 44.1 Å². The van der Waals surface area contributed by atoms with E-state index in [1.807, 2.05) is 0 Å². The average Bonchev–Trinajstić information content (AvgIpc) is 3.62. The lowest BCUT2D eigenvalue weighted by molar-refractivity contribution is -0.149. The van der Waals surface area contributed by atoms with Crippen molar-refractivity contribution in [1.82, 2.24) is 9.80 Å². The number of ether oxygens (including phenoxy) is 4. The molecule has 1 rings (SSSR count). The molecule has 0 radical (unpaired) electrons. The molecule has 67 heavy (non-hydrogen) atoms. The highest BCUT2D eigenvalue weighted by Gasteiger charge is 2.23. The third kappa shape index (κ3) is 39.1. The number of nitrogens with zero attached hydrogens (tertiary/aromatic N) is 2. The molecule has 398 valence electrons. The summed E-state index contributed by atoms with van der Waals surface area (Å²) in [7, 11) is 0. The van der Waals surface area contributed by atoms with Crippen molar-refractivity contribution in [3.8, 4) is 0 Å². The monoisotopic (exact) mass is 951 g/mol. The van der Waals surface area contributed by atoms with E-state index in [1.54, 1.807) is 0 Å². The minimum atomic E-state index is -0.247. The molecule has 0 bridgehead atoms. The van der Waals surface area contributed by atoms with Crippen molar-refractivity contribution in [2.45, 2.75) is 278 Å². The number of aliphatic hydroxyl groups excluding tert-OH is 1. The van der Waals surface area contributed by atoms with Crippen molar-refractivity contribution in [3.05, 3.63) is 0 Å². The van der Waals surface area contributed by atoms with Crippen LogP contribution in [0.15, 0.2) is 0 Å². The molecule has 9 heteroatoms. The normalized spacial score (nSPS) is 15.0. The van der Waals surface area contributed by atoms with E-state index in [4.69, 9.17) is 18.9 Å². The van der Waals surface area contributed by atoms with Crippen LogP contribution >= 0.6 is 0 Å². The first-order valence-corrected chi connectivity index (χ1v) is 29.5. The highest BCUT2D eigenvalue weighted by molar-refractivity contribution is 5.69. The predicted molar refractivity (Wildman–Crippen MR) is 283 cm³/mol. The van der Waals surface area contributed by atoms with Crippen LogP contribution in [0.5, 0.6) is 0 Å². The van der Waals surface area contributed by atoms with Crippen LogP contribution in [0.2, 0.25) is 0 Å². The number of esters is 2. The van der Waals surface area contributed by atoms with Crippen molar-refractivity contribution >= 4 is 11.9 Å². The fourth-order valence-electron chi connectivity index (χ4n) is 10.0. The Hall–Kier alpha value is -1.26. The molecule has 1 saturated carbocycles. The zero-order valence-electron chi connectivity index (χ0n) is 45.3. The van der Waals surface area contributed by atoms with Crippen molar-refractivity contribution < 1.29 is 33.6 Å². The molecule has 1 N–H and O–H groups in total. The van der Waals surface area contributed by atoms with E-state index in [2.05, 4.69) is 44.4 Å². The number of rotatable bonds is 50. The standard InChI is InChI=1S/C58H114N2O7/c1-6-11-16-21-23-29-36-53(34-27-18-13-8-3)50-66-57(62)40-47-64-52-56(49-59(42-33-20-15-10-5)43-44-60(45-46-61)55-38-31-25-26-32-39-55)65-48-41-58(63)67-51-54(35-28-19-14-9-4)37-30-24-22-17-12-7-2/h53-56,61H,6-52H2,1-5H3. The summed E-state index contributed by atoms with van der Waals surface area (Å²) in [6.45, 7) is 17.6. The first kappa shape index (κ1) is 63.8. The van der Waals surface area contributed by atoms with Gasteiger partial charge in [-0.2, -0.15) is 0 Å². The lowest BCUT2D eigenvalue weighted by Crippen LogP contribution is -2.45. The smallest absolute Gasteiger partial charge is 0.308 e. The second-order valence-electron chi connectivity index (χ2n) is 20.7. The van der Waals surface area contributed by atoms with Gasteiger partial charge in [0.15, 0.2) is 0 Å². The Morgan fingerprint density at radius 3 is 1.40 bits per heavy atom. The van der Waals surface area contributed by atoms with Crippen molar-refractivity contribution in [2.24, 2.45) is 11.8 Å². The van der Waals surface area contributed by atoms with Crippen molar-refractivity contribution in [1.29, 1.82) is 0 Å². The summed E-state index contributed by atoms with van der Waals surface area (Å²) >= 11 is 0. The van der Waals surface area contributed by atoms with Crippen LogP contribution in [0.25, 0.3) is 0 Å². The molecule has 3 unspecified atom stereocenters. The third-order valence-electron chi connectivity index (χ3n) is 14.5. The number of hydrogen-bond donors (Lipinski definition) is 1. The zero-order valence-corrected chi connectivity index (χ0v) is 45.3. The molecule has 1 aliphatic carbocycles. The Kier molecular flexibility index (Phi) is 46.0. The molecule has 1 fully saturated rings. The topological polar surface area (TPSA) is 97.8 Å². The van der Waals surface area contributed by atoms with Gasteiger partial charge in [0.25, 0.3) is 0 Å². The maximum atomic E-state index is 13.2. The molecule has 0 aromatic heterocycles. The van der Waals surface area contributed by atoms with E-state index in [0.29, 0.717) is 57.4 Å². The lowest BCUT2D eigenvalue weighted by Gasteiger charge is -2.34. The van der Waals surface area contributed by atoms with Crippen molar-refractivity contribution in [3.63, 3.8) is 0 Å². The summed E-state index contributed by atoms with van der Waals surface area (Å²) in [4.78, 5) is 31.3. The van der Waals surface area contributed by atoms with Gasteiger partial charge in [0.2, 0.25) is 0 Å². The number of carbonyl (C=O) groups is 2. The Morgan fingerprint density at radius 1 is 0.493 bits per heavy atom.